The number of Topliss-reactive ketones (excluding diaryl/α,β-unsaturated/α-hetero) is 2. The van der Waals surface area contributed by atoms with Crippen LogP contribution in [0.1, 0.15) is 106 Å². The molecule has 0 aliphatic carbocycles. The summed E-state index contributed by atoms with van der Waals surface area (Å²) in [4.78, 5) is 163. The van der Waals surface area contributed by atoms with Gasteiger partial charge in [-0.3, -0.25) is 47.9 Å². The van der Waals surface area contributed by atoms with Crippen molar-refractivity contribution < 1.29 is 72.4 Å². The highest BCUT2D eigenvalue weighted by atomic mass is 16.5. The molecule has 542 valence electrons. The SMILES string of the molecule is CC[C@H](CC(=O)[C@H](C)NC)C(=O)N1C[C@@H]2C[C@H]1C(=O)N[C@@H](Cc1c[nH]c3ccccc13)C(=O)C[C@H](C(=O)O)Cc1ccc(cc1)C(=O)N[C@H]1C[C@@H](C(=O)N[C@@H](Cc3ccc4ccccc4c3)C(=O)N[C@H](C(=O)O)Cc3ccc(cc3)OC/C=C/CO2)N(C(=O)[C@@H](NC(=O)[C@H](C)NC)C(C)(C)C)C1. The number of hydrogen-bond acceptors (Lipinski definition) is 15. The van der Waals surface area contributed by atoms with Crippen molar-refractivity contribution >= 4 is 86.5 Å². The van der Waals surface area contributed by atoms with E-state index in [1.54, 1.807) is 116 Å². The zero-order valence-corrected chi connectivity index (χ0v) is 58.9. The maximum Gasteiger partial charge on any atom is 0.326 e. The first-order chi connectivity index (χ1) is 48.7. The number of carbonyl (C=O) groups is 11. The van der Waals surface area contributed by atoms with E-state index in [0.29, 0.717) is 28.0 Å². The highest BCUT2D eigenvalue weighted by molar-refractivity contribution is 5.99. The molecule has 0 unspecified atom stereocenters. The Morgan fingerprint density at radius 3 is 1.96 bits per heavy atom. The third-order valence-electron chi connectivity index (χ3n) is 19.6. The van der Waals surface area contributed by atoms with Crippen molar-refractivity contribution in [2.24, 2.45) is 17.3 Å². The number of ketones is 2. The number of hydrogen-bond donors (Lipinski definition) is 10. The summed E-state index contributed by atoms with van der Waals surface area (Å²) in [5.74, 6) is -9.64. The summed E-state index contributed by atoms with van der Waals surface area (Å²) in [7, 11) is 3.23. The zero-order valence-electron chi connectivity index (χ0n) is 58.9. The highest BCUT2D eigenvalue weighted by Crippen LogP contribution is 2.31. The third-order valence-corrected chi connectivity index (χ3v) is 19.6. The van der Waals surface area contributed by atoms with Crippen molar-refractivity contribution in [2.75, 3.05) is 40.4 Å². The molecule has 10 N–H and O–H groups in total. The number of rotatable bonds is 16. The minimum absolute atomic E-state index is 0.0187. The van der Waals surface area contributed by atoms with E-state index in [1.807, 2.05) is 60.7 Å². The first kappa shape index (κ1) is 76.1. The van der Waals surface area contributed by atoms with Gasteiger partial charge in [-0.2, -0.15) is 0 Å². The Morgan fingerprint density at radius 1 is 0.647 bits per heavy atom. The fourth-order valence-corrected chi connectivity index (χ4v) is 13.3. The highest BCUT2D eigenvalue weighted by Gasteiger charge is 2.47. The maximum absolute atomic E-state index is 15.2. The lowest BCUT2D eigenvalue weighted by Gasteiger charge is -2.36. The van der Waals surface area contributed by atoms with Crippen molar-refractivity contribution in [3.63, 3.8) is 0 Å². The quantitative estimate of drug-likeness (QED) is 0.0560. The van der Waals surface area contributed by atoms with Gasteiger partial charge < -0.3 is 71.7 Å². The number of likely N-dealkylation sites (tertiary alicyclic amines) is 2. The van der Waals surface area contributed by atoms with Gasteiger partial charge in [0.2, 0.25) is 35.4 Å². The summed E-state index contributed by atoms with van der Waals surface area (Å²) in [6, 6.07) is 23.0. The Balaban J connectivity index is 1.04. The second kappa shape index (κ2) is 34.5. The van der Waals surface area contributed by atoms with Gasteiger partial charge in [-0.25, -0.2) is 4.79 Å². The van der Waals surface area contributed by atoms with Crippen molar-refractivity contribution in [1.29, 1.82) is 0 Å². The second-order valence-corrected chi connectivity index (χ2v) is 27.9. The molecule has 6 aliphatic heterocycles. The molecule has 25 nitrogen and oxygen atoms in total. The molecule has 102 heavy (non-hydrogen) atoms. The second-order valence-electron chi connectivity index (χ2n) is 27.9. The fourth-order valence-electron chi connectivity index (χ4n) is 13.3. The number of para-hydroxylation sites is 1. The molecular weight excluding hydrogens is 1300 g/mol. The Kier molecular flexibility index (Phi) is 25.7. The van der Waals surface area contributed by atoms with E-state index >= 15 is 9.59 Å². The summed E-state index contributed by atoms with van der Waals surface area (Å²) in [6.07, 6.45) is 3.47. The summed E-state index contributed by atoms with van der Waals surface area (Å²) in [6.45, 7) is 10.2. The van der Waals surface area contributed by atoms with Crippen molar-refractivity contribution in [1.82, 2.24) is 52.0 Å². The van der Waals surface area contributed by atoms with Crippen molar-refractivity contribution in [2.45, 2.75) is 160 Å². The predicted octanol–water partition coefficient (Wildman–Crippen LogP) is 5.16. The van der Waals surface area contributed by atoms with Gasteiger partial charge in [0.1, 0.15) is 48.3 Å². The Hall–Kier alpha value is -10.1. The average Bonchev–Trinajstić information content (AvgIpc) is 1.61. The number of aromatic amines is 1. The number of benzene rings is 5. The number of nitrogens with one attached hydrogen (secondary N) is 8. The smallest absolute Gasteiger partial charge is 0.326 e. The number of carboxylic acids is 2. The number of carboxylic acid groups (broad SMARTS) is 2. The van der Waals surface area contributed by atoms with E-state index < -0.39 is 143 Å². The van der Waals surface area contributed by atoms with E-state index in [0.717, 1.165) is 21.7 Å². The summed E-state index contributed by atoms with van der Waals surface area (Å²) in [5, 5.41) is 44.0. The molecule has 12 atom stereocenters. The number of H-pyrrole nitrogens is 1. The molecule has 25 heteroatoms. The average molecular weight is 1400 g/mol. The van der Waals surface area contributed by atoms with E-state index in [1.165, 1.54) is 21.9 Å². The molecule has 0 saturated carbocycles. The molecule has 7 heterocycles. The Bertz CT molecular complexity index is 4070. The normalized spacial score (nSPS) is 23.0. The number of carbonyl (C=O) groups excluding carboxylic acids is 9. The first-order valence-corrected chi connectivity index (χ1v) is 34.8. The van der Waals surface area contributed by atoms with E-state index in [2.05, 4.69) is 42.2 Å². The summed E-state index contributed by atoms with van der Waals surface area (Å²) >= 11 is 0. The van der Waals surface area contributed by atoms with Crippen LogP contribution < -0.4 is 42.0 Å². The maximum atomic E-state index is 15.2. The number of fused-ring (bicyclic) bond motifs is 2. The summed E-state index contributed by atoms with van der Waals surface area (Å²) < 4.78 is 12.3. The lowest BCUT2D eigenvalue weighted by molar-refractivity contribution is -0.145. The topological polar surface area (TPSA) is 353 Å². The monoisotopic (exact) mass is 1400 g/mol. The van der Waals surface area contributed by atoms with Gasteiger partial charge in [0.05, 0.1) is 36.8 Å². The Morgan fingerprint density at radius 2 is 1.28 bits per heavy atom. The van der Waals surface area contributed by atoms with Crippen LogP contribution in [0.25, 0.3) is 21.7 Å². The van der Waals surface area contributed by atoms with Crippen LogP contribution in [0.15, 0.2) is 134 Å². The largest absolute Gasteiger partial charge is 0.490 e. The molecule has 0 spiro atoms. The number of amides is 7. The van der Waals surface area contributed by atoms with Gasteiger partial charge in [0, 0.05) is 86.2 Å². The molecule has 1 aromatic heterocycles. The molecular formula is C77H94N10O15. The zero-order chi connectivity index (χ0) is 73.5. The third kappa shape index (κ3) is 19.5. The fraction of sp³-hybridized carbons (Fsp3) is 0.442. The molecule has 2 saturated heterocycles. The lowest BCUT2D eigenvalue weighted by Crippen LogP contribution is -2.61. The van der Waals surface area contributed by atoms with E-state index in [9.17, 15) is 53.4 Å². The molecule has 2 fully saturated rings. The van der Waals surface area contributed by atoms with Crippen LogP contribution in [0.2, 0.25) is 0 Å². The standard InChI is InChI=1S/C77H94N10O15/c1-9-49(37-65(88)44(2)78-7)73(95)87-43-57-40-64(87)72(94)82-60(36-54-41-80-59-19-13-12-18-58(54)59)66(89)38-53(75(97)98)32-46-20-26-51(27-21-46)69(91)81-55-39-63(86(42-55)74(96)67(77(4,5)6)85-68(90)45(3)79-8)71(93)83-61(35-48-22-25-50-16-10-11-17-52(50)33-48)70(92)84-62(76(99)100)34-47-23-28-56(29-24-47)101-30-14-15-31-102-57/h10-29,33,41,44-45,49,53,55,57,60-64,67,78-80H,9,30-32,34-40,42-43H2,1-8H3,(H,81,91)(H,82,94)(H,83,93)(H,84,92)(H,85,90)(H,97,98)(H,99,100)/b15-14+/t44-,45-,49+,53+,55-,57-,60-,61-,62-,63-,64-,67+/m0/s1. The van der Waals surface area contributed by atoms with Gasteiger partial charge in [-0.05, 0) is 122 Å². The van der Waals surface area contributed by atoms with Crippen LogP contribution in [0.3, 0.4) is 0 Å². The van der Waals surface area contributed by atoms with Crippen LogP contribution in [-0.4, -0.2) is 191 Å². The van der Waals surface area contributed by atoms with Gasteiger partial charge in [-0.1, -0.05) is 119 Å². The van der Waals surface area contributed by atoms with Crippen molar-refractivity contribution in [3.8, 4) is 5.75 Å². The minimum Gasteiger partial charge on any atom is -0.490 e. The number of ether oxygens (including phenoxy) is 2. The molecule has 12 rings (SSSR count). The van der Waals surface area contributed by atoms with Gasteiger partial charge >= 0.3 is 11.9 Å². The Labute approximate surface area is 593 Å². The van der Waals surface area contributed by atoms with Gasteiger partial charge in [0.25, 0.3) is 5.91 Å². The van der Waals surface area contributed by atoms with Crippen LogP contribution in [0, 0.1) is 17.3 Å². The number of nitrogens with zero attached hydrogens (tertiary/aromatic N) is 2. The minimum atomic E-state index is -1.50. The van der Waals surface area contributed by atoms with Gasteiger partial charge in [-0.15, -0.1) is 0 Å². The van der Waals surface area contributed by atoms with Crippen LogP contribution in [0.4, 0.5) is 0 Å². The van der Waals surface area contributed by atoms with Crippen molar-refractivity contribution in [3.05, 3.63) is 161 Å². The van der Waals surface area contributed by atoms with Crippen LogP contribution >= 0.6 is 0 Å². The van der Waals surface area contributed by atoms with E-state index in [4.69, 9.17) is 9.47 Å². The van der Waals surface area contributed by atoms with Crippen LogP contribution in [0.5, 0.6) is 5.75 Å². The van der Waals surface area contributed by atoms with Crippen LogP contribution in [-0.2, 0) is 78.4 Å². The molecule has 0 radical (unpaired) electrons. The molecule has 6 aromatic rings. The first-order valence-electron chi connectivity index (χ1n) is 34.8. The summed E-state index contributed by atoms with van der Waals surface area (Å²) in [5.41, 5.74) is 2.21. The number of aromatic nitrogens is 1. The number of aliphatic carboxylic acids is 2. The van der Waals surface area contributed by atoms with E-state index in [-0.39, 0.29) is 89.0 Å². The van der Waals surface area contributed by atoms with Gasteiger partial charge in [0.15, 0.2) is 5.78 Å². The predicted molar refractivity (Wildman–Crippen MR) is 382 cm³/mol. The molecule has 6 aliphatic rings. The molecule has 8 bridgehead atoms. The molecule has 7 amide bonds. The lowest BCUT2D eigenvalue weighted by atomic mass is 9.85. The number of likely N-dealkylation sites (N-methyl/N-ethyl adjacent to an activating group) is 2. The molecule has 5 aromatic carbocycles.